The number of carbonyl (C=O) groups excluding carboxylic acids is 4. The van der Waals surface area contributed by atoms with Crippen LogP contribution in [0.5, 0.6) is 0 Å². The third kappa shape index (κ3) is 3.90. The monoisotopic (exact) mass is 465 g/mol. The molecule has 2 heterocycles. The van der Waals surface area contributed by atoms with Crippen molar-refractivity contribution in [3.05, 3.63) is 29.8 Å². The Morgan fingerprint density at radius 1 is 1.28 bits per heavy atom. The molecule has 3 atom stereocenters. The Kier molecular flexibility index (Phi) is 6.70. The van der Waals surface area contributed by atoms with Crippen LogP contribution in [0.3, 0.4) is 0 Å². The summed E-state index contributed by atoms with van der Waals surface area (Å²) >= 11 is 1.47. The molecular weight excluding hydrogens is 438 g/mol. The lowest BCUT2D eigenvalue weighted by Crippen LogP contribution is -2.65. The van der Waals surface area contributed by atoms with Crippen LogP contribution in [0.4, 0.5) is 10.5 Å². The molecule has 0 aliphatic carbocycles. The van der Waals surface area contributed by atoms with Crippen molar-refractivity contribution in [3.63, 3.8) is 0 Å². The van der Waals surface area contributed by atoms with Gasteiger partial charge in [-0.25, -0.2) is 9.59 Å². The normalized spacial score (nSPS) is 24.1. The van der Waals surface area contributed by atoms with Crippen LogP contribution in [0, 0.1) is 0 Å². The second-order valence-electron chi connectivity index (χ2n) is 7.83. The molecule has 3 N–H and O–H groups in total. The minimum absolute atomic E-state index is 0.102. The van der Waals surface area contributed by atoms with Crippen LogP contribution < -0.4 is 11.1 Å². The number of thioether (sulfide) groups is 1. The van der Waals surface area contributed by atoms with Crippen LogP contribution in [0.25, 0.3) is 0 Å². The molecule has 3 rings (SSSR count). The summed E-state index contributed by atoms with van der Waals surface area (Å²) in [6.07, 6.45) is -1.95. The molecule has 0 saturated carbocycles. The highest BCUT2D eigenvalue weighted by Crippen LogP contribution is 2.62. The van der Waals surface area contributed by atoms with Gasteiger partial charge < -0.3 is 30.2 Å². The second kappa shape index (κ2) is 8.99. The number of amides is 2. The molecule has 1 aromatic carbocycles. The molecule has 2 fully saturated rings. The smallest absolute Gasteiger partial charge is 0.435 e. The number of carbonyl (C=O) groups is 4. The molecule has 2 aliphatic rings. The molecule has 10 nitrogen and oxygen atoms in total. The van der Waals surface area contributed by atoms with E-state index in [4.69, 9.17) is 19.9 Å². The Hall–Kier alpha value is -2.79. The summed E-state index contributed by atoms with van der Waals surface area (Å²) < 4.78 is 14.4. The molecule has 0 bridgehead atoms. The minimum Gasteiger partial charge on any atom is -0.435 e. The van der Waals surface area contributed by atoms with Crippen LogP contribution in [0.1, 0.15) is 39.7 Å². The molecular formula is C21H27N3O7S. The number of anilines is 1. The second-order valence-corrected chi connectivity index (χ2v) is 9.63. The predicted octanol–water partition coefficient (Wildman–Crippen LogP) is 1.93. The Balaban J connectivity index is 2.07. The molecule has 2 saturated heterocycles. The molecule has 1 unspecified atom stereocenters. The number of hydrogen-bond donors (Lipinski definition) is 2. The topological polar surface area (TPSA) is 137 Å². The van der Waals surface area contributed by atoms with E-state index in [0.29, 0.717) is 11.3 Å². The largest absolute Gasteiger partial charge is 0.511 e. The highest BCUT2D eigenvalue weighted by molar-refractivity contribution is 8.01. The first kappa shape index (κ1) is 23.9. The van der Waals surface area contributed by atoms with Crippen LogP contribution in [0.2, 0.25) is 0 Å². The zero-order chi connectivity index (χ0) is 23.7. The number of ether oxygens (including phenoxy) is 3. The van der Waals surface area contributed by atoms with Crippen molar-refractivity contribution < 1.29 is 33.4 Å². The van der Waals surface area contributed by atoms with E-state index >= 15 is 0 Å². The van der Waals surface area contributed by atoms with Crippen molar-refractivity contribution in [2.75, 3.05) is 18.5 Å². The molecule has 11 heteroatoms. The Morgan fingerprint density at radius 3 is 2.59 bits per heavy atom. The van der Waals surface area contributed by atoms with Gasteiger partial charge in [0.25, 0.3) is 0 Å². The maximum Gasteiger partial charge on any atom is 0.511 e. The zero-order valence-electron chi connectivity index (χ0n) is 18.4. The van der Waals surface area contributed by atoms with Gasteiger partial charge in [-0.1, -0.05) is 18.2 Å². The van der Waals surface area contributed by atoms with Gasteiger partial charge in [0.1, 0.15) is 0 Å². The van der Waals surface area contributed by atoms with E-state index in [-0.39, 0.29) is 30.9 Å². The van der Waals surface area contributed by atoms with E-state index in [1.54, 1.807) is 31.2 Å². The van der Waals surface area contributed by atoms with Gasteiger partial charge >= 0.3 is 12.1 Å². The molecule has 0 aromatic heterocycles. The highest BCUT2D eigenvalue weighted by atomic mass is 32.2. The van der Waals surface area contributed by atoms with Crippen molar-refractivity contribution >= 4 is 41.4 Å². The lowest BCUT2D eigenvalue weighted by molar-refractivity contribution is -0.191. The van der Waals surface area contributed by atoms with Gasteiger partial charge in [0.15, 0.2) is 5.54 Å². The van der Waals surface area contributed by atoms with Crippen molar-refractivity contribution in [2.24, 2.45) is 5.73 Å². The number of fused-ring (bicyclic) bond motifs is 1. The third-order valence-electron chi connectivity index (χ3n) is 5.44. The summed E-state index contributed by atoms with van der Waals surface area (Å²) in [5, 5.41) is 2.47. The molecule has 2 amide bonds. The Bertz CT molecular complexity index is 938. The van der Waals surface area contributed by atoms with Gasteiger partial charge in [-0.3, -0.25) is 9.59 Å². The van der Waals surface area contributed by atoms with Crippen LogP contribution in [0.15, 0.2) is 24.3 Å². The third-order valence-corrected chi connectivity index (χ3v) is 6.97. The van der Waals surface area contributed by atoms with Crippen molar-refractivity contribution in [3.8, 4) is 0 Å². The number of nitrogens with one attached hydrogen (secondary N) is 1. The summed E-state index contributed by atoms with van der Waals surface area (Å²) in [6.45, 7) is 6.53. The van der Waals surface area contributed by atoms with E-state index in [1.165, 1.54) is 23.6 Å². The van der Waals surface area contributed by atoms with Gasteiger partial charge in [0, 0.05) is 18.2 Å². The highest BCUT2D eigenvalue weighted by Gasteiger charge is 2.71. The van der Waals surface area contributed by atoms with Gasteiger partial charge in [-0.15, -0.1) is 11.8 Å². The number of β-lactam (4-membered cyclic amide) rings is 1. The van der Waals surface area contributed by atoms with Crippen molar-refractivity contribution in [1.82, 2.24) is 4.90 Å². The zero-order valence-corrected chi connectivity index (χ0v) is 19.2. The number of rotatable bonds is 7. The summed E-state index contributed by atoms with van der Waals surface area (Å²) in [5.41, 5.74) is 4.61. The van der Waals surface area contributed by atoms with Crippen LogP contribution in [-0.2, 0) is 34.1 Å². The molecule has 0 radical (unpaired) electrons. The fraction of sp³-hybridized carbons (Fsp3) is 0.524. The summed E-state index contributed by atoms with van der Waals surface area (Å²) in [6, 6.07) is 6.71. The number of benzene rings is 1. The quantitative estimate of drug-likeness (QED) is 0.351. The number of esters is 1. The first-order chi connectivity index (χ1) is 15.1. The van der Waals surface area contributed by atoms with Crippen molar-refractivity contribution in [1.29, 1.82) is 0 Å². The average Bonchev–Trinajstić information content (AvgIpc) is 2.90. The average molecular weight is 466 g/mol. The van der Waals surface area contributed by atoms with Crippen molar-refractivity contribution in [2.45, 2.75) is 56.1 Å². The summed E-state index contributed by atoms with van der Waals surface area (Å²) in [7, 11) is 0. The van der Waals surface area contributed by atoms with E-state index in [1.807, 2.05) is 13.8 Å². The fourth-order valence-corrected chi connectivity index (χ4v) is 5.91. The number of nitrogens with two attached hydrogens (primary N) is 1. The maximum atomic E-state index is 13.8. The number of para-hydroxylation sites is 1. The Labute approximate surface area is 190 Å². The minimum atomic E-state index is -1.58. The first-order valence-electron chi connectivity index (χ1n) is 10.2. The summed E-state index contributed by atoms with van der Waals surface area (Å²) in [5.74, 6) is -1.45. The number of hydrogen-bond acceptors (Lipinski definition) is 9. The first-order valence-corrected chi connectivity index (χ1v) is 11.1. The lowest BCUT2D eigenvalue weighted by atomic mass is 9.75. The van der Waals surface area contributed by atoms with Gasteiger partial charge in [0.05, 0.1) is 29.7 Å². The van der Waals surface area contributed by atoms with E-state index in [9.17, 15) is 19.2 Å². The van der Waals surface area contributed by atoms with Crippen LogP contribution in [-0.4, -0.2) is 58.4 Å². The van der Waals surface area contributed by atoms with E-state index in [0.717, 1.165) is 0 Å². The fourth-order valence-electron chi connectivity index (χ4n) is 4.16. The molecule has 2 aliphatic heterocycles. The van der Waals surface area contributed by atoms with Gasteiger partial charge in [0.2, 0.25) is 18.1 Å². The molecule has 1 aromatic rings. The molecule has 174 valence electrons. The standard InChI is InChI=1S/C21H27N3O7S/c1-5-29-19(28)31-12(2)30-18(27)21(20(3,4)32-17-10-16(26)24(17)21)13-8-6-7-9-14(13)23-15(25)11-22/h6-9,12,17H,5,10-11,22H2,1-4H3,(H,23,25)/t12?,17-,21-/m1/s1. The van der Waals surface area contributed by atoms with Gasteiger partial charge in [-0.05, 0) is 26.8 Å². The number of nitrogens with zero attached hydrogens (tertiary/aromatic N) is 1. The Morgan fingerprint density at radius 2 is 1.97 bits per heavy atom. The van der Waals surface area contributed by atoms with E-state index < -0.39 is 34.6 Å². The van der Waals surface area contributed by atoms with Gasteiger partial charge in [-0.2, -0.15) is 0 Å². The SMILES string of the molecule is CCOC(=O)OC(C)OC(=O)[C@@]1(c2ccccc2NC(=O)CN)N2C(=O)C[C@H]2SC1(C)C. The maximum absolute atomic E-state index is 13.8. The molecule has 0 spiro atoms. The van der Waals surface area contributed by atoms with Crippen LogP contribution >= 0.6 is 11.8 Å². The lowest BCUT2D eigenvalue weighted by Gasteiger charge is -2.48. The molecule has 32 heavy (non-hydrogen) atoms. The summed E-state index contributed by atoms with van der Waals surface area (Å²) in [4.78, 5) is 51.7. The predicted molar refractivity (Wildman–Crippen MR) is 116 cm³/mol. The van der Waals surface area contributed by atoms with E-state index in [2.05, 4.69) is 5.32 Å².